The number of hydrogen-bond donors (Lipinski definition) is 1. The van der Waals surface area contributed by atoms with Gasteiger partial charge in [0.2, 0.25) is 6.79 Å². The van der Waals surface area contributed by atoms with Crippen LogP contribution in [0.2, 0.25) is 0 Å². The molecule has 5 rings (SSSR count). The number of ether oxygens (including phenoxy) is 3. The number of benzene rings is 3. The smallest absolute Gasteiger partial charge is 0.335 e. The highest BCUT2D eigenvalue weighted by molar-refractivity contribution is 9.10. The molecule has 4 amide bonds. The third-order valence-electron chi connectivity index (χ3n) is 5.50. The van der Waals surface area contributed by atoms with Crippen molar-refractivity contribution >= 4 is 51.2 Å². The number of non-ortho nitro benzene ring substituents is 1. The molecule has 3 aromatic carbocycles. The molecule has 2 heterocycles. The number of nitro benzene ring substituents is 1. The second kappa shape index (κ2) is 9.74. The summed E-state index contributed by atoms with van der Waals surface area (Å²) in [7, 11) is 0. The second-order valence-corrected chi connectivity index (χ2v) is 8.76. The van der Waals surface area contributed by atoms with Gasteiger partial charge in [-0.25, -0.2) is 9.69 Å². The molecule has 0 radical (unpaired) electrons. The molecule has 2 aliphatic rings. The van der Waals surface area contributed by atoms with Gasteiger partial charge in [0.1, 0.15) is 17.9 Å². The SMILES string of the molecule is O=C1NC(=O)N(c2ccc3c(c2)OCO3)C(=O)/C1=C/c1ccc(OCc2cccc([N+](=O)[O-])c2)c(Br)c1. The maximum Gasteiger partial charge on any atom is 0.335 e. The van der Waals surface area contributed by atoms with Gasteiger partial charge in [0.05, 0.1) is 15.1 Å². The van der Waals surface area contributed by atoms with Crippen LogP contribution >= 0.6 is 15.9 Å². The fourth-order valence-electron chi connectivity index (χ4n) is 3.73. The number of urea groups is 1. The molecule has 12 heteroatoms. The van der Waals surface area contributed by atoms with E-state index in [2.05, 4.69) is 21.2 Å². The Hall–Kier alpha value is -4.71. The van der Waals surface area contributed by atoms with Gasteiger partial charge >= 0.3 is 6.03 Å². The summed E-state index contributed by atoms with van der Waals surface area (Å²) in [4.78, 5) is 49.5. The lowest BCUT2D eigenvalue weighted by Gasteiger charge is -2.26. The van der Waals surface area contributed by atoms with E-state index in [-0.39, 0.29) is 30.3 Å². The van der Waals surface area contributed by atoms with Crippen molar-refractivity contribution in [3.63, 3.8) is 0 Å². The Morgan fingerprint density at radius 2 is 1.86 bits per heavy atom. The van der Waals surface area contributed by atoms with E-state index in [9.17, 15) is 24.5 Å². The summed E-state index contributed by atoms with van der Waals surface area (Å²) in [5.74, 6) is -0.308. The standard InChI is InChI=1S/C25H16BrN3O8/c26-19-10-14(4-6-20(19)35-12-15-2-1-3-17(8-15)29(33)34)9-18-23(30)27-25(32)28(24(18)31)16-5-7-21-22(11-16)37-13-36-21/h1-11H,12-13H2,(H,27,30,32)/b18-9+. The van der Waals surface area contributed by atoms with Gasteiger partial charge in [-0.1, -0.05) is 18.2 Å². The zero-order valence-corrected chi connectivity index (χ0v) is 20.4. The summed E-state index contributed by atoms with van der Waals surface area (Å²) in [5, 5.41) is 13.1. The number of hydrogen-bond acceptors (Lipinski definition) is 8. The summed E-state index contributed by atoms with van der Waals surface area (Å²) >= 11 is 3.40. The Morgan fingerprint density at radius 1 is 1.05 bits per heavy atom. The van der Waals surface area contributed by atoms with Crippen LogP contribution in [0.15, 0.2) is 70.7 Å². The first kappa shape index (κ1) is 24.0. The summed E-state index contributed by atoms with van der Waals surface area (Å²) in [6.07, 6.45) is 1.36. The number of halogens is 1. The first-order chi connectivity index (χ1) is 17.8. The molecule has 3 aromatic rings. The Balaban J connectivity index is 1.35. The van der Waals surface area contributed by atoms with Gasteiger partial charge in [-0.3, -0.25) is 25.0 Å². The van der Waals surface area contributed by atoms with Crippen LogP contribution in [0.1, 0.15) is 11.1 Å². The minimum Gasteiger partial charge on any atom is -0.488 e. The van der Waals surface area contributed by atoms with Crippen LogP contribution in [0.4, 0.5) is 16.2 Å². The van der Waals surface area contributed by atoms with Crippen molar-refractivity contribution in [3.05, 3.63) is 92.0 Å². The van der Waals surface area contributed by atoms with Crippen LogP contribution in [-0.4, -0.2) is 29.6 Å². The van der Waals surface area contributed by atoms with E-state index in [4.69, 9.17) is 14.2 Å². The lowest BCUT2D eigenvalue weighted by Crippen LogP contribution is -2.54. The zero-order chi connectivity index (χ0) is 26.1. The molecule has 2 aliphatic heterocycles. The van der Waals surface area contributed by atoms with E-state index in [0.717, 1.165) is 4.90 Å². The number of carbonyl (C=O) groups excluding carboxylic acids is 3. The van der Waals surface area contributed by atoms with E-state index >= 15 is 0 Å². The molecule has 0 unspecified atom stereocenters. The number of carbonyl (C=O) groups is 3. The van der Waals surface area contributed by atoms with Crippen molar-refractivity contribution in [2.24, 2.45) is 0 Å². The van der Waals surface area contributed by atoms with E-state index in [1.807, 2.05) is 0 Å². The Morgan fingerprint density at radius 3 is 2.65 bits per heavy atom. The average molecular weight is 566 g/mol. The van der Waals surface area contributed by atoms with Crippen LogP contribution < -0.4 is 24.4 Å². The molecular formula is C25H16BrN3O8. The zero-order valence-electron chi connectivity index (χ0n) is 18.8. The van der Waals surface area contributed by atoms with Crippen LogP contribution in [0.25, 0.3) is 6.08 Å². The summed E-state index contributed by atoms with van der Waals surface area (Å²) in [6, 6.07) is 14.7. The number of barbiturate groups is 1. The molecular weight excluding hydrogens is 550 g/mol. The van der Waals surface area contributed by atoms with Crippen LogP contribution in [0.3, 0.4) is 0 Å². The normalized spacial score (nSPS) is 15.6. The van der Waals surface area contributed by atoms with Crippen molar-refractivity contribution < 1.29 is 33.5 Å². The maximum atomic E-state index is 13.2. The van der Waals surface area contributed by atoms with Crippen molar-refractivity contribution in [2.45, 2.75) is 6.61 Å². The Bertz CT molecular complexity index is 1500. The number of nitro groups is 1. The number of rotatable bonds is 6. The lowest BCUT2D eigenvalue weighted by molar-refractivity contribution is -0.384. The molecule has 37 heavy (non-hydrogen) atoms. The molecule has 1 saturated heterocycles. The quantitative estimate of drug-likeness (QED) is 0.202. The highest BCUT2D eigenvalue weighted by Gasteiger charge is 2.37. The number of fused-ring (bicyclic) bond motifs is 1. The van der Waals surface area contributed by atoms with Crippen LogP contribution in [0.5, 0.6) is 17.2 Å². The van der Waals surface area contributed by atoms with E-state index < -0.39 is 22.8 Å². The highest BCUT2D eigenvalue weighted by atomic mass is 79.9. The third kappa shape index (κ3) is 4.86. The summed E-state index contributed by atoms with van der Waals surface area (Å²) < 4.78 is 16.9. The van der Waals surface area contributed by atoms with E-state index in [1.54, 1.807) is 36.4 Å². The number of nitrogens with one attached hydrogen (secondary N) is 1. The minimum absolute atomic E-state index is 0.0302. The van der Waals surface area contributed by atoms with Gasteiger partial charge < -0.3 is 14.2 Å². The van der Waals surface area contributed by atoms with E-state index in [0.29, 0.717) is 32.8 Å². The minimum atomic E-state index is -0.878. The fraction of sp³-hybridized carbons (Fsp3) is 0.0800. The van der Waals surface area contributed by atoms with Crippen LogP contribution in [0, 0.1) is 10.1 Å². The topological polar surface area (TPSA) is 137 Å². The van der Waals surface area contributed by atoms with Crippen molar-refractivity contribution in [1.29, 1.82) is 0 Å². The molecule has 11 nitrogen and oxygen atoms in total. The van der Waals surface area contributed by atoms with Crippen LogP contribution in [-0.2, 0) is 16.2 Å². The van der Waals surface area contributed by atoms with Gasteiger partial charge in [-0.2, -0.15) is 0 Å². The number of imide groups is 2. The number of nitrogens with zero attached hydrogens (tertiary/aromatic N) is 2. The largest absolute Gasteiger partial charge is 0.488 e. The molecule has 0 atom stereocenters. The molecule has 0 aromatic heterocycles. The molecule has 186 valence electrons. The average Bonchev–Trinajstić information content (AvgIpc) is 3.34. The van der Waals surface area contributed by atoms with Gasteiger partial charge in [0, 0.05) is 18.2 Å². The molecule has 0 spiro atoms. The highest BCUT2D eigenvalue weighted by Crippen LogP contribution is 2.36. The first-order valence-electron chi connectivity index (χ1n) is 10.8. The van der Waals surface area contributed by atoms with Gasteiger partial charge in [0.15, 0.2) is 11.5 Å². The monoisotopic (exact) mass is 565 g/mol. The van der Waals surface area contributed by atoms with Gasteiger partial charge in [0.25, 0.3) is 17.5 Å². The lowest BCUT2D eigenvalue weighted by atomic mass is 10.1. The molecule has 1 fully saturated rings. The number of anilines is 1. The third-order valence-corrected chi connectivity index (χ3v) is 6.12. The predicted octanol–water partition coefficient (Wildman–Crippen LogP) is 4.33. The van der Waals surface area contributed by atoms with Crippen molar-refractivity contribution in [1.82, 2.24) is 5.32 Å². The number of amides is 4. The molecule has 0 bridgehead atoms. The predicted molar refractivity (Wildman–Crippen MR) is 133 cm³/mol. The first-order valence-corrected chi connectivity index (χ1v) is 11.6. The summed E-state index contributed by atoms with van der Waals surface area (Å²) in [6.45, 7) is 0.122. The molecule has 0 saturated carbocycles. The van der Waals surface area contributed by atoms with E-state index in [1.165, 1.54) is 30.3 Å². The Kier molecular flexibility index (Phi) is 6.32. The van der Waals surface area contributed by atoms with Gasteiger partial charge in [-0.15, -0.1) is 0 Å². The maximum absolute atomic E-state index is 13.2. The van der Waals surface area contributed by atoms with Gasteiger partial charge in [-0.05, 0) is 57.4 Å². The fourth-order valence-corrected chi connectivity index (χ4v) is 4.24. The molecule has 1 N–H and O–H groups in total. The Labute approximate surface area is 217 Å². The summed E-state index contributed by atoms with van der Waals surface area (Å²) in [5.41, 5.74) is 1.05. The molecule has 0 aliphatic carbocycles. The second-order valence-electron chi connectivity index (χ2n) is 7.90. The van der Waals surface area contributed by atoms with Crippen molar-refractivity contribution in [2.75, 3.05) is 11.7 Å². The van der Waals surface area contributed by atoms with Crippen molar-refractivity contribution in [3.8, 4) is 17.2 Å².